The monoisotopic (exact) mass is 470 g/mol. The van der Waals surface area contributed by atoms with Gasteiger partial charge in [0, 0.05) is 36.1 Å². The number of rotatable bonds is 6. The molecule has 0 aliphatic rings. The summed E-state index contributed by atoms with van der Waals surface area (Å²) in [6, 6.07) is 16.2. The van der Waals surface area contributed by atoms with Crippen LogP contribution in [-0.4, -0.2) is 20.4 Å². The van der Waals surface area contributed by atoms with Crippen molar-refractivity contribution in [2.24, 2.45) is 0 Å². The lowest BCUT2D eigenvalue weighted by molar-refractivity contribution is 0.0949. The van der Waals surface area contributed by atoms with Crippen molar-refractivity contribution < 1.29 is 13.6 Å². The molecule has 0 unspecified atom stereocenters. The van der Waals surface area contributed by atoms with Crippen molar-refractivity contribution in [3.05, 3.63) is 124 Å². The molecule has 8 heteroatoms. The fraction of sp³-hybridized carbons (Fsp3) is 0.0741. The molecule has 3 heterocycles. The van der Waals surface area contributed by atoms with Crippen LogP contribution in [0.25, 0.3) is 22.0 Å². The number of carbonyl (C=O) groups is 1. The molecule has 3 aromatic heterocycles. The van der Waals surface area contributed by atoms with Gasteiger partial charge in [-0.15, -0.1) is 0 Å². The lowest BCUT2D eigenvalue weighted by Crippen LogP contribution is -2.32. The number of carbonyl (C=O) groups excluding carboxylic acids is 1. The third-order valence-corrected chi connectivity index (χ3v) is 5.78. The van der Waals surface area contributed by atoms with Crippen LogP contribution >= 0.6 is 0 Å². The van der Waals surface area contributed by atoms with E-state index in [0.29, 0.717) is 5.56 Å². The van der Waals surface area contributed by atoms with Crippen molar-refractivity contribution >= 4 is 16.8 Å². The molecule has 0 fully saturated rings. The average molecular weight is 470 g/mol. The molecule has 2 aromatic carbocycles. The number of aromatic nitrogens is 3. The molecule has 5 aromatic rings. The summed E-state index contributed by atoms with van der Waals surface area (Å²) in [5.41, 5.74) is 3.68. The molecule has 2 N–H and O–H groups in total. The van der Waals surface area contributed by atoms with Gasteiger partial charge in [-0.25, -0.2) is 8.78 Å². The predicted octanol–water partition coefficient (Wildman–Crippen LogP) is 4.65. The molecule has 5 rings (SSSR count). The molecule has 0 spiro atoms. The molecule has 0 bridgehead atoms. The van der Waals surface area contributed by atoms with Crippen LogP contribution in [0.4, 0.5) is 8.78 Å². The molecule has 174 valence electrons. The summed E-state index contributed by atoms with van der Waals surface area (Å²) in [6.45, 7) is 0.243. The SMILES string of the molecule is O=C(NCc1cccc(-c2c[nH]c3cnccc23)c1)c1cccn(Cc2ccc(F)c(F)c2)c1=O. The van der Waals surface area contributed by atoms with E-state index in [1.165, 1.54) is 22.9 Å². The maximum Gasteiger partial charge on any atom is 0.263 e. The molecular weight excluding hydrogens is 450 g/mol. The lowest BCUT2D eigenvalue weighted by Gasteiger charge is -2.10. The Hall–Kier alpha value is -4.59. The second-order valence-corrected chi connectivity index (χ2v) is 8.11. The highest BCUT2D eigenvalue weighted by molar-refractivity contribution is 5.95. The van der Waals surface area contributed by atoms with Crippen LogP contribution in [0.5, 0.6) is 0 Å². The maximum atomic E-state index is 13.5. The van der Waals surface area contributed by atoms with E-state index < -0.39 is 23.1 Å². The van der Waals surface area contributed by atoms with Crippen molar-refractivity contribution in [1.82, 2.24) is 19.9 Å². The fourth-order valence-electron chi connectivity index (χ4n) is 4.01. The third-order valence-electron chi connectivity index (χ3n) is 5.78. The van der Waals surface area contributed by atoms with Gasteiger partial charge in [0.2, 0.25) is 0 Å². The Bertz CT molecular complexity index is 1610. The zero-order valence-corrected chi connectivity index (χ0v) is 18.5. The topological polar surface area (TPSA) is 79.8 Å². The first-order valence-electron chi connectivity index (χ1n) is 10.9. The Morgan fingerprint density at radius 1 is 1.00 bits per heavy atom. The Kier molecular flexibility index (Phi) is 5.93. The van der Waals surface area contributed by atoms with Crippen molar-refractivity contribution in [2.75, 3.05) is 0 Å². The summed E-state index contributed by atoms with van der Waals surface area (Å²) in [5, 5.41) is 3.84. The summed E-state index contributed by atoms with van der Waals surface area (Å²) in [6.07, 6.45) is 6.93. The van der Waals surface area contributed by atoms with Crippen LogP contribution < -0.4 is 10.9 Å². The van der Waals surface area contributed by atoms with Crippen molar-refractivity contribution in [3.63, 3.8) is 0 Å². The van der Waals surface area contributed by atoms with Gasteiger partial charge in [0.25, 0.3) is 11.5 Å². The molecule has 0 atom stereocenters. The number of hydrogen-bond acceptors (Lipinski definition) is 3. The maximum absolute atomic E-state index is 13.5. The van der Waals surface area contributed by atoms with E-state index in [0.717, 1.165) is 39.7 Å². The zero-order chi connectivity index (χ0) is 24.4. The number of aromatic amines is 1. The standard InChI is InChI=1S/C27H20F2N4O2/c28-23-7-6-18(12-24(23)29)16-33-10-2-5-21(27(33)35)26(34)32-13-17-3-1-4-19(11-17)22-14-31-25-15-30-9-8-20(22)25/h1-12,14-15,31H,13,16H2,(H,32,34). The van der Waals surface area contributed by atoms with Gasteiger partial charge in [-0.2, -0.15) is 0 Å². The van der Waals surface area contributed by atoms with Crippen molar-refractivity contribution in [1.29, 1.82) is 0 Å². The number of benzene rings is 2. The number of hydrogen-bond donors (Lipinski definition) is 2. The fourth-order valence-corrected chi connectivity index (χ4v) is 4.01. The smallest absolute Gasteiger partial charge is 0.263 e. The highest BCUT2D eigenvalue weighted by Gasteiger charge is 2.13. The number of pyridine rings is 2. The summed E-state index contributed by atoms with van der Waals surface area (Å²) >= 11 is 0. The minimum atomic E-state index is -0.990. The van der Waals surface area contributed by atoms with Gasteiger partial charge < -0.3 is 14.9 Å². The minimum absolute atomic E-state index is 0.0132. The van der Waals surface area contributed by atoms with E-state index in [4.69, 9.17) is 0 Å². The molecular formula is C27H20F2N4O2. The molecule has 35 heavy (non-hydrogen) atoms. The van der Waals surface area contributed by atoms with E-state index in [1.54, 1.807) is 18.5 Å². The lowest BCUT2D eigenvalue weighted by atomic mass is 10.0. The number of nitrogens with zero attached hydrogens (tertiary/aromatic N) is 2. The van der Waals surface area contributed by atoms with Gasteiger partial charge >= 0.3 is 0 Å². The predicted molar refractivity (Wildman–Crippen MR) is 129 cm³/mol. The Labute approximate surface area is 198 Å². The number of halogens is 2. The first kappa shape index (κ1) is 22.2. The Morgan fingerprint density at radius 2 is 1.89 bits per heavy atom. The van der Waals surface area contributed by atoms with E-state index in [2.05, 4.69) is 15.3 Å². The Morgan fingerprint density at radius 3 is 2.74 bits per heavy atom. The van der Waals surface area contributed by atoms with Crippen molar-refractivity contribution in [2.45, 2.75) is 13.1 Å². The normalized spacial score (nSPS) is 11.0. The number of fused-ring (bicyclic) bond motifs is 1. The van der Waals surface area contributed by atoms with Gasteiger partial charge in [0.05, 0.1) is 18.3 Å². The number of H-pyrrole nitrogens is 1. The summed E-state index contributed by atoms with van der Waals surface area (Å²) in [4.78, 5) is 32.9. The van der Waals surface area contributed by atoms with Gasteiger partial charge in [0.1, 0.15) is 5.56 Å². The van der Waals surface area contributed by atoms with Crippen LogP contribution in [-0.2, 0) is 13.1 Å². The van der Waals surface area contributed by atoms with Crippen LogP contribution in [0.15, 0.2) is 90.2 Å². The van der Waals surface area contributed by atoms with E-state index >= 15 is 0 Å². The zero-order valence-electron chi connectivity index (χ0n) is 18.5. The van der Waals surface area contributed by atoms with Crippen molar-refractivity contribution in [3.8, 4) is 11.1 Å². The van der Waals surface area contributed by atoms with Crippen LogP contribution in [0.3, 0.4) is 0 Å². The average Bonchev–Trinajstić information content (AvgIpc) is 3.30. The molecule has 1 amide bonds. The minimum Gasteiger partial charge on any atom is -0.359 e. The first-order chi connectivity index (χ1) is 17.0. The molecule has 0 radical (unpaired) electrons. The third kappa shape index (κ3) is 4.59. The highest BCUT2D eigenvalue weighted by Crippen LogP contribution is 2.28. The van der Waals surface area contributed by atoms with E-state index in [9.17, 15) is 18.4 Å². The van der Waals surface area contributed by atoms with Gasteiger partial charge in [-0.1, -0.05) is 24.3 Å². The molecule has 0 aliphatic heterocycles. The van der Waals surface area contributed by atoms with Crippen LogP contribution in [0.1, 0.15) is 21.5 Å². The largest absolute Gasteiger partial charge is 0.359 e. The quantitative estimate of drug-likeness (QED) is 0.379. The van der Waals surface area contributed by atoms with Gasteiger partial charge in [-0.3, -0.25) is 14.6 Å². The van der Waals surface area contributed by atoms with E-state index in [-0.39, 0.29) is 18.7 Å². The molecule has 0 saturated carbocycles. The Balaban J connectivity index is 1.32. The highest BCUT2D eigenvalue weighted by atomic mass is 19.2. The van der Waals surface area contributed by atoms with Gasteiger partial charge in [-0.05, 0) is 53.1 Å². The molecule has 0 aliphatic carbocycles. The molecule has 0 saturated heterocycles. The number of nitrogens with one attached hydrogen (secondary N) is 2. The second kappa shape index (κ2) is 9.34. The van der Waals surface area contributed by atoms with Gasteiger partial charge in [0.15, 0.2) is 11.6 Å². The first-order valence-corrected chi connectivity index (χ1v) is 10.9. The van der Waals surface area contributed by atoms with E-state index in [1.807, 2.05) is 36.5 Å². The summed E-state index contributed by atoms with van der Waals surface area (Å²) in [7, 11) is 0. The molecule has 6 nitrogen and oxygen atoms in total. The second-order valence-electron chi connectivity index (χ2n) is 8.11. The summed E-state index contributed by atoms with van der Waals surface area (Å²) in [5.74, 6) is -2.46. The van der Waals surface area contributed by atoms with Crippen LogP contribution in [0.2, 0.25) is 0 Å². The summed E-state index contributed by atoms with van der Waals surface area (Å²) < 4.78 is 28.0. The number of amides is 1. The van der Waals surface area contributed by atoms with Crippen LogP contribution in [0, 0.1) is 11.6 Å².